The molecule has 84 valence electrons. The molecular weight excluding hydrogens is 343 g/mol. The van der Waals surface area contributed by atoms with E-state index in [4.69, 9.17) is 10.9 Å². The van der Waals surface area contributed by atoms with Crippen molar-refractivity contribution in [3.05, 3.63) is 15.3 Å². The number of hydrogen-bond donors (Lipinski definition) is 2. The maximum atomic E-state index is 12.4. The van der Waals surface area contributed by atoms with Gasteiger partial charge in [0.05, 0.1) is 5.69 Å². The molecule has 1 heterocycles. The van der Waals surface area contributed by atoms with Crippen LogP contribution in [0.3, 0.4) is 0 Å². The molecule has 0 aliphatic heterocycles. The van der Waals surface area contributed by atoms with Crippen molar-refractivity contribution in [1.82, 2.24) is 4.98 Å². The number of sulfonamides is 1. The monoisotopic (exact) mass is 349 g/mol. The first-order chi connectivity index (χ1) is 6.73. The first-order valence-corrected chi connectivity index (χ1v) is 6.13. The van der Waals surface area contributed by atoms with Gasteiger partial charge in [-0.15, -0.1) is 0 Å². The summed E-state index contributed by atoms with van der Waals surface area (Å²) in [6.45, 7) is 0. The number of rotatable bonds is 2. The van der Waals surface area contributed by atoms with Crippen molar-refractivity contribution >= 4 is 38.3 Å². The molecule has 15 heavy (non-hydrogen) atoms. The number of anilines is 1. The molecule has 0 radical (unpaired) electrons. The first-order valence-electron chi connectivity index (χ1n) is 3.50. The van der Waals surface area contributed by atoms with E-state index in [1.54, 1.807) is 22.6 Å². The van der Waals surface area contributed by atoms with Gasteiger partial charge in [0.15, 0.2) is 5.03 Å². The van der Waals surface area contributed by atoms with Crippen LogP contribution in [0.1, 0.15) is 12.0 Å². The van der Waals surface area contributed by atoms with E-state index in [1.165, 1.54) is 0 Å². The van der Waals surface area contributed by atoms with Crippen molar-refractivity contribution < 1.29 is 17.2 Å². The Labute approximate surface area is 98.0 Å². The average Bonchev–Trinajstić information content (AvgIpc) is 2.06. The summed E-state index contributed by atoms with van der Waals surface area (Å²) in [5.41, 5.74) is 4.05. The first kappa shape index (κ1) is 12.5. The van der Waals surface area contributed by atoms with Gasteiger partial charge in [-0.05, 0) is 28.7 Å². The van der Waals surface area contributed by atoms with E-state index in [0.717, 1.165) is 6.07 Å². The summed E-state index contributed by atoms with van der Waals surface area (Å²) in [6, 6.07) is 1.01. The molecule has 1 aromatic heterocycles. The van der Waals surface area contributed by atoms with Crippen molar-refractivity contribution in [2.24, 2.45) is 5.14 Å². The summed E-state index contributed by atoms with van der Waals surface area (Å²) in [5.74, 6) is 0. The van der Waals surface area contributed by atoms with Crippen LogP contribution in [0.15, 0.2) is 11.1 Å². The van der Waals surface area contributed by atoms with Crippen molar-refractivity contribution in [2.45, 2.75) is 11.5 Å². The Kier molecular flexibility index (Phi) is 3.45. The van der Waals surface area contributed by atoms with Crippen LogP contribution < -0.4 is 10.9 Å². The largest absolute Gasteiger partial charge is 0.396 e. The molecule has 0 amide bonds. The minimum Gasteiger partial charge on any atom is -0.396 e. The Morgan fingerprint density at radius 3 is 2.40 bits per heavy atom. The predicted molar refractivity (Wildman–Crippen MR) is 57.7 cm³/mol. The molecule has 0 saturated heterocycles. The molecule has 5 nitrogen and oxygen atoms in total. The van der Waals surface area contributed by atoms with E-state index in [0.29, 0.717) is 0 Å². The van der Waals surface area contributed by atoms with Gasteiger partial charge in [-0.2, -0.15) is 0 Å². The molecule has 0 unspecified atom stereocenters. The summed E-state index contributed by atoms with van der Waals surface area (Å²) < 4.78 is 46.9. The lowest BCUT2D eigenvalue weighted by Gasteiger charge is -2.08. The lowest BCUT2D eigenvalue weighted by atomic mass is 10.2. The van der Waals surface area contributed by atoms with E-state index in [1.807, 2.05) is 0 Å². The lowest BCUT2D eigenvalue weighted by Crippen LogP contribution is -2.18. The van der Waals surface area contributed by atoms with Gasteiger partial charge in [0.1, 0.15) is 3.70 Å². The minimum absolute atomic E-state index is 0.0844. The van der Waals surface area contributed by atoms with Crippen LogP contribution in [0, 0.1) is 3.70 Å². The normalized spacial score (nSPS) is 12.1. The van der Waals surface area contributed by atoms with Crippen LogP contribution in [-0.2, 0) is 10.0 Å². The average molecular weight is 349 g/mol. The number of hydrogen-bond acceptors (Lipinski definition) is 4. The molecule has 0 saturated carbocycles. The number of aromatic nitrogens is 1. The smallest absolute Gasteiger partial charge is 0.266 e. The van der Waals surface area contributed by atoms with Crippen LogP contribution in [0.5, 0.6) is 0 Å². The van der Waals surface area contributed by atoms with Gasteiger partial charge in [-0.25, -0.2) is 27.3 Å². The van der Waals surface area contributed by atoms with E-state index in [9.17, 15) is 17.2 Å². The highest BCUT2D eigenvalue weighted by atomic mass is 127. The van der Waals surface area contributed by atoms with Crippen LogP contribution in [-0.4, -0.2) is 13.4 Å². The third-order valence-electron chi connectivity index (χ3n) is 1.53. The Morgan fingerprint density at radius 2 is 2.00 bits per heavy atom. The molecule has 0 aromatic carbocycles. The van der Waals surface area contributed by atoms with Gasteiger partial charge < -0.3 is 5.73 Å². The van der Waals surface area contributed by atoms with E-state index in [-0.39, 0.29) is 3.70 Å². The molecule has 0 spiro atoms. The number of nitrogen functional groups attached to an aromatic ring is 1. The third-order valence-corrected chi connectivity index (χ3v) is 2.93. The number of halogens is 3. The zero-order valence-corrected chi connectivity index (χ0v) is 10.1. The molecular formula is C6H6F2IN3O2S. The third kappa shape index (κ3) is 2.72. The van der Waals surface area contributed by atoms with Crippen molar-refractivity contribution in [3.8, 4) is 0 Å². The maximum absolute atomic E-state index is 12.4. The molecule has 0 atom stereocenters. The number of pyridine rings is 1. The maximum Gasteiger partial charge on any atom is 0.266 e. The number of primary sulfonamides is 1. The van der Waals surface area contributed by atoms with Gasteiger partial charge in [0.2, 0.25) is 0 Å². The van der Waals surface area contributed by atoms with Gasteiger partial charge in [0, 0.05) is 5.56 Å². The summed E-state index contributed by atoms with van der Waals surface area (Å²) in [7, 11) is -4.19. The van der Waals surface area contributed by atoms with Gasteiger partial charge in [-0.3, -0.25) is 0 Å². The highest BCUT2D eigenvalue weighted by Crippen LogP contribution is 2.29. The van der Waals surface area contributed by atoms with Crippen LogP contribution >= 0.6 is 22.6 Å². The predicted octanol–water partition coefficient (Wildman–Crippen LogP) is 0.853. The van der Waals surface area contributed by atoms with Gasteiger partial charge in [-0.1, -0.05) is 0 Å². The molecule has 1 aromatic rings. The topological polar surface area (TPSA) is 99.1 Å². The Hall–Kier alpha value is -0.550. The van der Waals surface area contributed by atoms with Crippen molar-refractivity contribution in [3.63, 3.8) is 0 Å². The molecule has 0 fully saturated rings. The summed E-state index contributed by atoms with van der Waals surface area (Å²) in [5, 5.41) is 4.06. The fourth-order valence-corrected chi connectivity index (χ4v) is 2.31. The molecule has 9 heteroatoms. The second kappa shape index (κ2) is 4.14. The van der Waals surface area contributed by atoms with Gasteiger partial charge in [0.25, 0.3) is 16.4 Å². The van der Waals surface area contributed by atoms with E-state index in [2.05, 4.69) is 4.98 Å². The van der Waals surface area contributed by atoms with E-state index >= 15 is 0 Å². The number of nitrogens with zero attached hydrogens (tertiary/aromatic N) is 1. The highest BCUT2D eigenvalue weighted by molar-refractivity contribution is 14.1. The minimum atomic E-state index is -4.19. The zero-order chi connectivity index (χ0) is 11.8. The lowest BCUT2D eigenvalue weighted by molar-refractivity contribution is 0.152. The quantitative estimate of drug-likeness (QED) is 0.611. The summed E-state index contributed by atoms with van der Waals surface area (Å²) in [4.78, 5) is 3.50. The van der Waals surface area contributed by atoms with Crippen LogP contribution in [0.2, 0.25) is 0 Å². The molecule has 1 rings (SSSR count). The van der Waals surface area contributed by atoms with Crippen LogP contribution in [0.4, 0.5) is 14.5 Å². The van der Waals surface area contributed by atoms with Gasteiger partial charge >= 0.3 is 0 Å². The summed E-state index contributed by atoms with van der Waals surface area (Å²) in [6.07, 6.45) is -2.87. The highest BCUT2D eigenvalue weighted by Gasteiger charge is 2.22. The molecule has 0 aliphatic carbocycles. The second-order valence-corrected chi connectivity index (χ2v) is 5.18. The fraction of sp³-hybridized carbons (Fsp3) is 0.167. The fourth-order valence-electron chi connectivity index (χ4n) is 0.916. The SMILES string of the molecule is Nc1c(C(F)F)cc(I)nc1S(N)(=O)=O. The molecule has 4 N–H and O–H groups in total. The molecule has 0 aliphatic rings. The second-order valence-electron chi connectivity index (χ2n) is 2.60. The van der Waals surface area contributed by atoms with Crippen molar-refractivity contribution in [1.29, 1.82) is 0 Å². The standard InChI is InChI=1S/C6H6F2IN3O2S/c7-5(8)2-1-3(9)12-6(4(2)10)15(11,13)14/h1,5H,10H2,(H2,11,13,14). The Bertz CT molecular complexity index is 491. The van der Waals surface area contributed by atoms with E-state index < -0.39 is 32.7 Å². The molecule has 0 bridgehead atoms. The number of alkyl halides is 2. The van der Waals surface area contributed by atoms with Crippen molar-refractivity contribution in [2.75, 3.05) is 5.73 Å². The Balaban J connectivity index is 3.56. The zero-order valence-electron chi connectivity index (χ0n) is 7.12. The Morgan fingerprint density at radius 1 is 1.47 bits per heavy atom. The van der Waals surface area contributed by atoms with Crippen LogP contribution in [0.25, 0.3) is 0 Å². The summed E-state index contributed by atoms with van der Waals surface area (Å²) >= 11 is 1.60. The number of nitrogens with two attached hydrogens (primary N) is 2.